The molecule has 0 radical (unpaired) electrons. The summed E-state index contributed by atoms with van der Waals surface area (Å²) in [6, 6.07) is 16.5. The van der Waals surface area contributed by atoms with Gasteiger partial charge in [0.05, 0.1) is 23.1 Å². The lowest BCUT2D eigenvalue weighted by Crippen LogP contribution is -2.28. The second-order valence-electron chi connectivity index (χ2n) is 5.57. The Morgan fingerprint density at radius 3 is 2.67 bits per heavy atom. The molecule has 3 rings (SSSR count). The standard InChI is InChI=1S/C21H14N2O3S/c1-2-11-23-20(24)19(27-21(23)25)12-15-7-5-6-10-18(15)26-14-17-9-4-3-8-16(17)13-22/h1,3-10,12H,11,14H2/b19-12+. The van der Waals surface area contributed by atoms with Gasteiger partial charge in [-0.2, -0.15) is 5.26 Å². The molecule has 5 nitrogen and oxygen atoms in total. The molecule has 0 unspecified atom stereocenters. The number of para-hydroxylation sites is 1. The fourth-order valence-corrected chi connectivity index (χ4v) is 3.34. The van der Waals surface area contributed by atoms with Crippen LogP contribution < -0.4 is 4.74 Å². The Kier molecular flexibility index (Phi) is 5.61. The fraction of sp³-hybridized carbons (Fsp3) is 0.0952. The normalized spacial score (nSPS) is 14.9. The van der Waals surface area contributed by atoms with Crippen LogP contribution in [0.15, 0.2) is 53.4 Å². The predicted octanol–water partition coefficient (Wildman–Crippen LogP) is 3.81. The third-order valence-corrected chi connectivity index (χ3v) is 4.76. The van der Waals surface area contributed by atoms with Crippen molar-refractivity contribution in [2.24, 2.45) is 0 Å². The number of thioether (sulfide) groups is 1. The summed E-state index contributed by atoms with van der Waals surface area (Å²) in [5.41, 5.74) is 1.98. The molecule has 0 aromatic heterocycles. The first-order chi connectivity index (χ1) is 13.1. The van der Waals surface area contributed by atoms with E-state index in [9.17, 15) is 14.9 Å². The van der Waals surface area contributed by atoms with Crippen molar-refractivity contribution < 1.29 is 14.3 Å². The summed E-state index contributed by atoms with van der Waals surface area (Å²) in [7, 11) is 0. The van der Waals surface area contributed by atoms with Gasteiger partial charge >= 0.3 is 0 Å². The smallest absolute Gasteiger partial charge is 0.294 e. The predicted molar refractivity (Wildman–Crippen MR) is 103 cm³/mol. The number of amides is 2. The highest BCUT2D eigenvalue weighted by atomic mass is 32.2. The average molecular weight is 374 g/mol. The Balaban J connectivity index is 1.83. The largest absolute Gasteiger partial charge is 0.488 e. The molecule has 6 heteroatoms. The molecule has 1 aliphatic rings. The number of rotatable bonds is 5. The minimum Gasteiger partial charge on any atom is -0.488 e. The number of hydrogen-bond donors (Lipinski definition) is 0. The van der Waals surface area contributed by atoms with Crippen LogP contribution in [-0.2, 0) is 11.4 Å². The van der Waals surface area contributed by atoms with Crippen LogP contribution in [0.5, 0.6) is 5.75 Å². The number of nitriles is 1. The Labute approximate surface area is 161 Å². The van der Waals surface area contributed by atoms with Crippen molar-refractivity contribution in [2.45, 2.75) is 6.61 Å². The molecule has 1 fully saturated rings. The molecule has 132 valence electrons. The molecule has 2 amide bonds. The lowest BCUT2D eigenvalue weighted by molar-refractivity contribution is -0.122. The van der Waals surface area contributed by atoms with E-state index in [2.05, 4.69) is 12.0 Å². The highest BCUT2D eigenvalue weighted by molar-refractivity contribution is 8.18. The third kappa shape index (κ3) is 4.03. The fourth-order valence-electron chi connectivity index (χ4n) is 2.51. The van der Waals surface area contributed by atoms with Crippen molar-refractivity contribution in [2.75, 3.05) is 6.54 Å². The maximum Gasteiger partial charge on any atom is 0.294 e. The molecule has 2 aromatic rings. The molecule has 0 N–H and O–H groups in total. The van der Waals surface area contributed by atoms with E-state index in [1.54, 1.807) is 30.3 Å². The molecular formula is C21H14N2O3S. The first-order valence-corrected chi connectivity index (χ1v) is 8.84. The van der Waals surface area contributed by atoms with Crippen LogP contribution in [0.3, 0.4) is 0 Å². The molecule has 1 heterocycles. The first-order valence-electron chi connectivity index (χ1n) is 8.02. The van der Waals surface area contributed by atoms with Crippen molar-refractivity contribution in [1.82, 2.24) is 4.90 Å². The zero-order chi connectivity index (χ0) is 19.2. The van der Waals surface area contributed by atoms with Gasteiger partial charge in [-0.25, -0.2) is 0 Å². The monoisotopic (exact) mass is 374 g/mol. The highest BCUT2D eigenvalue weighted by Gasteiger charge is 2.34. The number of carbonyl (C=O) groups excluding carboxylic acids is 2. The van der Waals surface area contributed by atoms with Gasteiger partial charge in [-0.15, -0.1) is 6.42 Å². The maximum atomic E-state index is 12.3. The van der Waals surface area contributed by atoms with Gasteiger partial charge in [0.1, 0.15) is 12.4 Å². The van der Waals surface area contributed by atoms with Crippen LogP contribution in [0, 0.1) is 23.7 Å². The molecule has 1 aliphatic heterocycles. The van der Waals surface area contributed by atoms with Crippen LogP contribution in [0.4, 0.5) is 4.79 Å². The molecule has 0 spiro atoms. The van der Waals surface area contributed by atoms with Crippen LogP contribution in [0.25, 0.3) is 6.08 Å². The van der Waals surface area contributed by atoms with Crippen molar-refractivity contribution >= 4 is 29.0 Å². The lowest BCUT2D eigenvalue weighted by Gasteiger charge is -2.10. The Morgan fingerprint density at radius 1 is 1.15 bits per heavy atom. The summed E-state index contributed by atoms with van der Waals surface area (Å²) in [6.07, 6.45) is 6.82. The topological polar surface area (TPSA) is 70.4 Å². The van der Waals surface area contributed by atoms with Gasteiger partial charge in [-0.3, -0.25) is 14.5 Å². The van der Waals surface area contributed by atoms with Crippen molar-refractivity contribution in [1.29, 1.82) is 5.26 Å². The lowest BCUT2D eigenvalue weighted by atomic mass is 10.1. The van der Waals surface area contributed by atoms with Crippen molar-refractivity contribution in [3.8, 4) is 24.2 Å². The number of imide groups is 1. The van der Waals surface area contributed by atoms with E-state index in [-0.39, 0.29) is 18.4 Å². The van der Waals surface area contributed by atoms with Gasteiger partial charge in [-0.05, 0) is 30.0 Å². The van der Waals surface area contributed by atoms with Crippen LogP contribution >= 0.6 is 11.8 Å². The number of hydrogen-bond acceptors (Lipinski definition) is 5. The highest BCUT2D eigenvalue weighted by Crippen LogP contribution is 2.33. The molecule has 1 saturated heterocycles. The van der Waals surface area contributed by atoms with Crippen LogP contribution in [-0.4, -0.2) is 22.6 Å². The second-order valence-corrected chi connectivity index (χ2v) is 6.56. The van der Waals surface area contributed by atoms with E-state index in [1.807, 2.05) is 24.3 Å². The summed E-state index contributed by atoms with van der Waals surface area (Å²) in [4.78, 5) is 25.6. The average Bonchev–Trinajstić information content (AvgIpc) is 2.95. The van der Waals surface area contributed by atoms with Gasteiger partial charge in [0.25, 0.3) is 11.1 Å². The summed E-state index contributed by atoms with van der Waals surface area (Å²) < 4.78 is 5.87. The van der Waals surface area contributed by atoms with E-state index in [4.69, 9.17) is 11.2 Å². The molecule has 0 bridgehead atoms. The van der Waals surface area contributed by atoms with Crippen molar-refractivity contribution in [3.63, 3.8) is 0 Å². The van der Waals surface area contributed by atoms with E-state index in [0.29, 0.717) is 21.8 Å². The molecule has 0 saturated carbocycles. The maximum absolute atomic E-state index is 12.3. The quantitative estimate of drug-likeness (QED) is 0.588. The summed E-state index contributed by atoms with van der Waals surface area (Å²) >= 11 is 0.850. The van der Waals surface area contributed by atoms with E-state index >= 15 is 0 Å². The summed E-state index contributed by atoms with van der Waals surface area (Å²) in [6.45, 7) is 0.165. The Bertz CT molecular complexity index is 1010. The van der Waals surface area contributed by atoms with Crippen molar-refractivity contribution in [3.05, 3.63) is 70.1 Å². The van der Waals surface area contributed by atoms with Crippen LogP contribution in [0.2, 0.25) is 0 Å². The number of benzene rings is 2. The first kappa shape index (κ1) is 18.3. The zero-order valence-corrected chi connectivity index (χ0v) is 15.0. The van der Waals surface area contributed by atoms with Gasteiger partial charge in [0.2, 0.25) is 0 Å². The molecular weight excluding hydrogens is 360 g/mol. The van der Waals surface area contributed by atoms with Gasteiger partial charge in [-0.1, -0.05) is 42.3 Å². The van der Waals surface area contributed by atoms with E-state index < -0.39 is 5.91 Å². The Hall–Kier alpha value is -3.48. The molecule has 0 atom stereocenters. The van der Waals surface area contributed by atoms with Gasteiger partial charge in [0, 0.05) is 11.1 Å². The van der Waals surface area contributed by atoms with Gasteiger partial charge in [0.15, 0.2) is 0 Å². The minimum atomic E-state index is -0.410. The van der Waals surface area contributed by atoms with Crippen LogP contribution in [0.1, 0.15) is 16.7 Å². The molecule has 27 heavy (non-hydrogen) atoms. The number of terminal acetylenes is 1. The van der Waals surface area contributed by atoms with E-state index in [0.717, 1.165) is 22.2 Å². The SMILES string of the molecule is C#CCN1C(=O)S/C(=C/c2ccccc2OCc2ccccc2C#N)C1=O. The minimum absolute atomic E-state index is 0.0505. The molecule has 0 aliphatic carbocycles. The summed E-state index contributed by atoms with van der Waals surface area (Å²) in [5.74, 6) is 2.45. The van der Waals surface area contributed by atoms with E-state index in [1.165, 1.54) is 0 Å². The number of nitrogens with zero attached hydrogens (tertiary/aromatic N) is 2. The zero-order valence-electron chi connectivity index (χ0n) is 14.2. The molecule has 2 aromatic carbocycles. The number of ether oxygens (including phenoxy) is 1. The second kappa shape index (κ2) is 8.27. The summed E-state index contributed by atoms with van der Waals surface area (Å²) in [5, 5.41) is 8.79. The Morgan fingerprint density at radius 2 is 1.89 bits per heavy atom. The third-order valence-electron chi connectivity index (χ3n) is 3.85. The van der Waals surface area contributed by atoms with Gasteiger partial charge < -0.3 is 4.74 Å². The number of carbonyl (C=O) groups is 2.